The van der Waals surface area contributed by atoms with Gasteiger partial charge in [-0.05, 0) is 57.7 Å². The zero-order valence-corrected chi connectivity index (χ0v) is 17.6. The van der Waals surface area contributed by atoms with E-state index in [4.69, 9.17) is 21.7 Å². The number of carbonyl (C=O) groups is 1. The van der Waals surface area contributed by atoms with Gasteiger partial charge in [0.1, 0.15) is 15.8 Å². The van der Waals surface area contributed by atoms with Gasteiger partial charge in [0.2, 0.25) is 5.91 Å². The van der Waals surface area contributed by atoms with Crippen LogP contribution in [0.25, 0.3) is 0 Å². The molecule has 7 heteroatoms. The Labute approximate surface area is 171 Å². The molecule has 136 valence electrons. The van der Waals surface area contributed by atoms with Crippen molar-refractivity contribution in [3.05, 3.63) is 58.1 Å². The fourth-order valence-electron chi connectivity index (χ4n) is 2.74. The van der Waals surface area contributed by atoms with Crippen molar-refractivity contribution in [3.8, 4) is 11.5 Å². The highest BCUT2D eigenvalue weighted by molar-refractivity contribution is 9.10. The highest BCUT2D eigenvalue weighted by atomic mass is 79.9. The second-order valence-electron chi connectivity index (χ2n) is 5.82. The van der Waals surface area contributed by atoms with E-state index in [2.05, 4.69) is 15.9 Å². The van der Waals surface area contributed by atoms with Gasteiger partial charge in [0.25, 0.3) is 0 Å². The molecule has 1 amide bonds. The first-order valence-corrected chi connectivity index (χ1v) is 10.1. The van der Waals surface area contributed by atoms with E-state index in [1.807, 2.05) is 42.5 Å². The summed E-state index contributed by atoms with van der Waals surface area (Å²) in [4.78, 5) is 14.5. The van der Waals surface area contributed by atoms with Crippen molar-refractivity contribution in [2.24, 2.45) is 0 Å². The number of amides is 1. The average Bonchev–Trinajstić information content (AvgIpc) is 2.90. The van der Waals surface area contributed by atoms with Crippen LogP contribution >= 0.6 is 39.9 Å². The molecule has 1 saturated heterocycles. The van der Waals surface area contributed by atoms with Crippen molar-refractivity contribution >= 4 is 50.1 Å². The summed E-state index contributed by atoms with van der Waals surface area (Å²) in [5.74, 6) is 1.62. The molecule has 4 nitrogen and oxygen atoms in total. The number of thiocarbonyl (C=S) groups is 1. The van der Waals surface area contributed by atoms with Gasteiger partial charge < -0.3 is 9.47 Å². The Kier molecular flexibility index (Phi) is 6.21. The quantitative estimate of drug-likeness (QED) is 0.607. The van der Waals surface area contributed by atoms with Crippen LogP contribution in [0.3, 0.4) is 0 Å². The monoisotopic (exact) mass is 451 g/mol. The number of thioether (sulfide) groups is 1. The Hall–Kier alpha value is -1.57. The van der Waals surface area contributed by atoms with Crippen LogP contribution in [-0.4, -0.2) is 34.6 Å². The van der Waals surface area contributed by atoms with Crippen molar-refractivity contribution in [3.63, 3.8) is 0 Å². The summed E-state index contributed by atoms with van der Waals surface area (Å²) >= 11 is 10.4. The van der Waals surface area contributed by atoms with Gasteiger partial charge in [0, 0.05) is 0 Å². The Morgan fingerprint density at radius 2 is 1.81 bits per heavy atom. The normalized spacial score (nSPS) is 16.9. The largest absolute Gasteiger partial charge is 0.497 e. The van der Waals surface area contributed by atoms with Crippen LogP contribution in [0, 0.1) is 0 Å². The fraction of sp³-hybridized carbons (Fsp3) is 0.263. The Morgan fingerprint density at radius 1 is 1.12 bits per heavy atom. The summed E-state index contributed by atoms with van der Waals surface area (Å²) < 4.78 is 11.9. The maximum Gasteiger partial charge on any atom is 0.242 e. The first-order valence-electron chi connectivity index (χ1n) is 7.99. The molecule has 0 unspecified atom stereocenters. The third-order valence-electron chi connectivity index (χ3n) is 4.14. The third kappa shape index (κ3) is 4.22. The lowest BCUT2D eigenvalue weighted by atomic mass is 10.1. The Morgan fingerprint density at radius 3 is 2.42 bits per heavy atom. The number of rotatable bonds is 6. The molecule has 2 aromatic rings. The summed E-state index contributed by atoms with van der Waals surface area (Å²) in [6.45, 7) is 0.484. The van der Waals surface area contributed by atoms with E-state index in [1.54, 1.807) is 19.1 Å². The van der Waals surface area contributed by atoms with Crippen LogP contribution < -0.4 is 9.47 Å². The highest BCUT2D eigenvalue weighted by Gasteiger charge is 2.36. The Balaban J connectivity index is 1.69. The molecular weight excluding hydrogens is 434 g/mol. The van der Waals surface area contributed by atoms with Gasteiger partial charge in [0.05, 0.1) is 30.5 Å². The van der Waals surface area contributed by atoms with Crippen molar-refractivity contribution in [2.75, 3.05) is 14.2 Å². The molecular formula is C19H18BrNO3S2. The van der Waals surface area contributed by atoms with Crippen LogP contribution in [0.15, 0.2) is 46.9 Å². The number of hydrogen-bond donors (Lipinski definition) is 0. The maximum absolute atomic E-state index is 12.8. The summed E-state index contributed by atoms with van der Waals surface area (Å²) in [7, 11) is 3.26. The van der Waals surface area contributed by atoms with E-state index in [0.717, 1.165) is 27.1 Å². The van der Waals surface area contributed by atoms with E-state index in [1.165, 1.54) is 11.8 Å². The fourth-order valence-corrected chi connectivity index (χ4v) is 4.86. The number of carbonyl (C=O) groups excluding carboxylic acids is 1. The molecule has 0 radical (unpaired) electrons. The summed E-state index contributed by atoms with van der Waals surface area (Å²) in [5.41, 5.74) is 2.09. The highest BCUT2D eigenvalue weighted by Crippen LogP contribution is 2.33. The lowest BCUT2D eigenvalue weighted by Crippen LogP contribution is -2.31. The molecule has 2 aromatic carbocycles. The van der Waals surface area contributed by atoms with E-state index in [0.29, 0.717) is 17.3 Å². The van der Waals surface area contributed by atoms with Crippen molar-refractivity contribution < 1.29 is 14.3 Å². The smallest absolute Gasteiger partial charge is 0.242 e. The molecule has 0 aromatic heterocycles. The number of benzene rings is 2. The molecule has 26 heavy (non-hydrogen) atoms. The molecule has 1 fully saturated rings. The third-order valence-corrected chi connectivity index (χ3v) is 6.35. The number of methoxy groups -OCH3 is 2. The standard InChI is InChI=1S/C19H18BrNO3S2/c1-23-14-6-3-12(4-7-14)11-21-18(22)17(26-19(21)25)10-13-5-8-16(24-2)15(20)9-13/h3-9,17H,10-11H2,1-2H3/t17-/m1/s1. The molecule has 1 atom stereocenters. The van der Waals surface area contributed by atoms with Gasteiger partial charge >= 0.3 is 0 Å². The molecule has 0 bridgehead atoms. The van der Waals surface area contributed by atoms with Gasteiger partial charge in [-0.3, -0.25) is 9.69 Å². The van der Waals surface area contributed by atoms with Crippen LogP contribution in [-0.2, 0) is 17.8 Å². The van der Waals surface area contributed by atoms with E-state index >= 15 is 0 Å². The van der Waals surface area contributed by atoms with Crippen molar-refractivity contribution in [1.29, 1.82) is 0 Å². The molecule has 0 aliphatic carbocycles. The van der Waals surface area contributed by atoms with Crippen LogP contribution in [0.1, 0.15) is 11.1 Å². The van der Waals surface area contributed by atoms with Gasteiger partial charge in [-0.25, -0.2) is 0 Å². The SMILES string of the molecule is COc1ccc(CN2C(=O)[C@@H](Cc3ccc(OC)c(Br)c3)SC2=S)cc1. The van der Waals surface area contributed by atoms with Crippen LogP contribution in [0.2, 0.25) is 0 Å². The summed E-state index contributed by atoms with van der Waals surface area (Å²) in [6, 6.07) is 13.5. The second-order valence-corrected chi connectivity index (χ2v) is 8.51. The number of nitrogens with zero attached hydrogens (tertiary/aromatic N) is 1. The topological polar surface area (TPSA) is 38.8 Å². The number of hydrogen-bond acceptors (Lipinski definition) is 5. The van der Waals surface area contributed by atoms with Crippen molar-refractivity contribution in [1.82, 2.24) is 4.90 Å². The minimum absolute atomic E-state index is 0.0581. The first-order chi connectivity index (χ1) is 12.5. The molecule has 0 saturated carbocycles. The lowest BCUT2D eigenvalue weighted by Gasteiger charge is -2.16. The minimum atomic E-state index is -0.193. The maximum atomic E-state index is 12.8. The van der Waals surface area contributed by atoms with E-state index in [-0.39, 0.29) is 11.2 Å². The average molecular weight is 452 g/mol. The summed E-state index contributed by atoms with van der Waals surface area (Å²) in [5, 5.41) is -0.193. The van der Waals surface area contributed by atoms with E-state index < -0.39 is 0 Å². The second kappa shape index (κ2) is 8.41. The van der Waals surface area contributed by atoms with Gasteiger partial charge in [-0.2, -0.15) is 0 Å². The molecule has 1 heterocycles. The predicted octanol–water partition coefficient (Wildman–Crippen LogP) is 4.44. The zero-order valence-electron chi connectivity index (χ0n) is 14.4. The molecule has 0 spiro atoms. The van der Waals surface area contributed by atoms with Crippen molar-refractivity contribution in [2.45, 2.75) is 18.2 Å². The number of ether oxygens (including phenoxy) is 2. The first kappa shape index (κ1) is 19.2. The van der Waals surface area contributed by atoms with Crippen LogP contribution in [0.4, 0.5) is 0 Å². The van der Waals surface area contributed by atoms with Gasteiger partial charge in [-0.15, -0.1) is 0 Å². The zero-order chi connectivity index (χ0) is 18.7. The Bertz CT molecular complexity index is 826. The van der Waals surface area contributed by atoms with E-state index in [9.17, 15) is 4.79 Å². The molecule has 0 N–H and O–H groups in total. The molecule has 3 rings (SSSR count). The van der Waals surface area contributed by atoms with Gasteiger partial charge in [0.15, 0.2) is 0 Å². The number of halogens is 1. The van der Waals surface area contributed by atoms with Crippen LogP contribution in [0.5, 0.6) is 11.5 Å². The lowest BCUT2D eigenvalue weighted by molar-refractivity contribution is -0.126. The minimum Gasteiger partial charge on any atom is -0.497 e. The predicted molar refractivity (Wildman–Crippen MR) is 112 cm³/mol. The molecule has 1 aliphatic heterocycles. The van der Waals surface area contributed by atoms with Gasteiger partial charge in [-0.1, -0.05) is 42.2 Å². The summed E-state index contributed by atoms with van der Waals surface area (Å²) in [6.07, 6.45) is 0.630. The molecule has 1 aliphatic rings.